The molecule has 0 radical (unpaired) electrons. The Labute approximate surface area is 166 Å². The minimum Gasteiger partial charge on any atom is -0.333 e. The van der Waals surface area contributed by atoms with Gasteiger partial charge in [0.15, 0.2) is 0 Å². The summed E-state index contributed by atoms with van der Waals surface area (Å²) in [7, 11) is 0. The van der Waals surface area contributed by atoms with Crippen molar-refractivity contribution in [2.75, 3.05) is 10.2 Å². The summed E-state index contributed by atoms with van der Waals surface area (Å²) in [6.45, 7) is 6.18. The number of hydrogen-bond donors (Lipinski definition) is 3. The van der Waals surface area contributed by atoms with E-state index in [1.165, 1.54) is 0 Å². The Bertz CT molecular complexity index is 873. The van der Waals surface area contributed by atoms with Crippen molar-refractivity contribution in [2.45, 2.75) is 51.7 Å². The van der Waals surface area contributed by atoms with Gasteiger partial charge in [-0.25, -0.2) is 4.79 Å². The van der Waals surface area contributed by atoms with Crippen LogP contribution in [-0.2, 0) is 17.8 Å². The van der Waals surface area contributed by atoms with Gasteiger partial charge in [0.2, 0.25) is 5.91 Å². The van der Waals surface area contributed by atoms with E-state index in [0.29, 0.717) is 18.7 Å². The summed E-state index contributed by atoms with van der Waals surface area (Å²) in [5.41, 5.74) is 9.42. The first-order chi connectivity index (χ1) is 13.2. The van der Waals surface area contributed by atoms with Crippen LogP contribution < -0.4 is 21.3 Å². The zero-order valence-electron chi connectivity index (χ0n) is 16.7. The van der Waals surface area contributed by atoms with E-state index in [0.717, 1.165) is 23.2 Å². The number of carbonyl (C=O) groups is 2. The molecule has 2 aromatic carbocycles. The predicted molar refractivity (Wildman–Crippen MR) is 112 cm³/mol. The Kier molecular flexibility index (Phi) is 5.70. The van der Waals surface area contributed by atoms with Gasteiger partial charge in [-0.15, -0.1) is 0 Å². The summed E-state index contributed by atoms with van der Waals surface area (Å²) < 4.78 is 0. The summed E-state index contributed by atoms with van der Waals surface area (Å²) in [5.74, 6) is -0.0752. The second-order valence-electron chi connectivity index (χ2n) is 8.23. The van der Waals surface area contributed by atoms with Crippen molar-refractivity contribution in [3.05, 3.63) is 59.7 Å². The molecular weight excluding hydrogens is 352 g/mol. The molecule has 6 nitrogen and oxygen atoms in total. The van der Waals surface area contributed by atoms with E-state index in [1.54, 1.807) is 4.90 Å². The van der Waals surface area contributed by atoms with Crippen LogP contribution in [0.15, 0.2) is 48.5 Å². The summed E-state index contributed by atoms with van der Waals surface area (Å²) in [4.78, 5) is 26.7. The van der Waals surface area contributed by atoms with E-state index in [2.05, 4.69) is 10.6 Å². The number of benzene rings is 2. The van der Waals surface area contributed by atoms with E-state index >= 15 is 0 Å². The molecule has 0 aliphatic carbocycles. The van der Waals surface area contributed by atoms with Crippen molar-refractivity contribution in [3.8, 4) is 0 Å². The van der Waals surface area contributed by atoms with Crippen molar-refractivity contribution in [2.24, 2.45) is 5.73 Å². The molecule has 3 amide bonds. The summed E-state index contributed by atoms with van der Waals surface area (Å²) >= 11 is 0. The fraction of sp³-hybridized carbons (Fsp3) is 0.364. The van der Waals surface area contributed by atoms with Gasteiger partial charge in [0.25, 0.3) is 0 Å². The van der Waals surface area contributed by atoms with Crippen LogP contribution in [0.2, 0.25) is 0 Å². The van der Waals surface area contributed by atoms with Crippen LogP contribution in [0.5, 0.6) is 0 Å². The fourth-order valence-electron chi connectivity index (χ4n) is 3.33. The number of nitrogens with two attached hydrogens (primary N) is 1. The van der Waals surface area contributed by atoms with Gasteiger partial charge in [-0.05, 0) is 62.9 Å². The number of aryl methyl sites for hydroxylation is 1. The highest BCUT2D eigenvalue weighted by molar-refractivity contribution is 5.98. The summed E-state index contributed by atoms with van der Waals surface area (Å²) in [5, 5.41) is 5.72. The number of rotatable bonds is 3. The highest BCUT2D eigenvalue weighted by atomic mass is 16.2. The smallest absolute Gasteiger partial charge is 0.319 e. The molecule has 1 atom stereocenters. The third kappa shape index (κ3) is 4.89. The predicted octanol–water partition coefficient (Wildman–Crippen LogP) is 3.41. The van der Waals surface area contributed by atoms with E-state index < -0.39 is 6.04 Å². The first-order valence-corrected chi connectivity index (χ1v) is 9.56. The number of para-hydroxylation sites is 1. The van der Waals surface area contributed by atoms with Crippen molar-refractivity contribution >= 4 is 23.3 Å². The molecule has 0 spiro atoms. The third-order valence-electron chi connectivity index (χ3n) is 4.60. The summed E-state index contributed by atoms with van der Waals surface area (Å²) in [6, 6.07) is 14.7. The Morgan fingerprint density at radius 3 is 2.68 bits per heavy atom. The largest absolute Gasteiger partial charge is 0.333 e. The number of anilines is 2. The van der Waals surface area contributed by atoms with Crippen molar-refractivity contribution in [1.82, 2.24) is 5.32 Å². The zero-order chi connectivity index (χ0) is 20.3. The molecule has 6 heteroatoms. The average molecular weight is 380 g/mol. The lowest BCUT2D eigenvalue weighted by Gasteiger charge is -2.25. The monoisotopic (exact) mass is 380 g/mol. The normalized spacial score (nSPS) is 16.9. The van der Waals surface area contributed by atoms with Gasteiger partial charge in [0.05, 0.1) is 12.6 Å². The van der Waals surface area contributed by atoms with Crippen LogP contribution in [0, 0.1) is 0 Å². The molecule has 0 saturated carbocycles. The first kappa shape index (κ1) is 19.9. The lowest BCUT2D eigenvalue weighted by Crippen LogP contribution is -2.43. The van der Waals surface area contributed by atoms with Crippen LogP contribution in [0.3, 0.4) is 0 Å². The highest BCUT2D eigenvalue weighted by Gasteiger charge is 2.27. The number of nitrogens with one attached hydrogen (secondary N) is 2. The molecule has 0 saturated heterocycles. The molecule has 0 aromatic heterocycles. The fourth-order valence-corrected chi connectivity index (χ4v) is 3.33. The number of amides is 3. The van der Waals surface area contributed by atoms with E-state index in [-0.39, 0.29) is 17.5 Å². The SMILES string of the molecule is CC(C)(C)NC(=O)Nc1cccc(CN2C(=O)C(N)CCc3ccccc32)c1. The van der Waals surface area contributed by atoms with Crippen molar-refractivity contribution < 1.29 is 9.59 Å². The molecule has 1 aliphatic rings. The lowest BCUT2D eigenvalue weighted by molar-refractivity contribution is -0.120. The maximum atomic E-state index is 12.9. The molecular formula is C22H28N4O2. The zero-order valence-corrected chi connectivity index (χ0v) is 16.7. The van der Waals surface area contributed by atoms with Crippen LogP contribution in [0.1, 0.15) is 38.3 Å². The second-order valence-corrected chi connectivity index (χ2v) is 8.23. The Morgan fingerprint density at radius 2 is 1.93 bits per heavy atom. The molecule has 28 heavy (non-hydrogen) atoms. The molecule has 0 fully saturated rings. The number of carbonyl (C=O) groups excluding carboxylic acids is 2. The number of urea groups is 1. The van der Waals surface area contributed by atoms with E-state index in [1.807, 2.05) is 69.3 Å². The number of fused-ring (bicyclic) bond motifs is 1. The third-order valence-corrected chi connectivity index (χ3v) is 4.60. The van der Waals surface area contributed by atoms with Gasteiger partial charge in [0.1, 0.15) is 0 Å². The van der Waals surface area contributed by atoms with Gasteiger partial charge in [-0.1, -0.05) is 30.3 Å². The van der Waals surface area contributed by atoms with E-state index in [9.17, 15) is 9.59 Å². The van der Waals surface area contributed by atoms with Gasteiger partial charge >= 0.3 is 6.03 Å². The molecule has 2 aromatic rings. The standard InChI is InChI=1S/C22H28N4O2/c1-22(2,3)25-21(28)24-17-9-6-7-15(13-17)14-26-19-10-5-4-8-16(19)11-12-18(23)20(26)27/h4-10,13,18H,11-12,14,23H2,1-3H3,(H2,24,25,28). The highest BCUT2D eigenvalue weighted by Crippen LogP contribution is 2.28. The first-order valence-electron chi connectivity index (χ1n) is 9.56. The Morgan fingerprint density at radius 1 is 1.18 bits per heavy atom. The molecule has 1 unspecified atom stereocenters. The topological polar surface area (TPSA) is 87.5 Å². The van der Waals surface area contributed by atoms with Gasteiger partial charge < -0.3 is 21.3 Å². The molecule has 1 heterocycles. The Balaban J connectivity index is 1.81. The average Bonchev–Trinajstić information content (AvgIpc) is 2.73. The number of nitrogens with zero attached hydrogens (tertiary/aromatic N) is 1. The van der Waals surface area contributed by atoms with Crippen LogP contribution in [0.25, 0.3) is 0 Å². The molecule has 1 aliphatic heterocycles. The van der Waals surface area contributed by atoms with Crippen LogP contribution in [0.4, 0.5) is 16.2 Å². The Hall–Kier alpha value is -2.86. The van der Waals surface area contributed by atoms with Gasteiger partial charge in [-0.2, -0.15) is 0 Å². The summed E-state index contributed by atoms with van der Waals surface area (Å²) in [6.07, 6.45) is 1.43. The van der Waals surface area contributed by atoms with Crippen LogP contribution in [-0.4, -0.2) is 23.5 Å². The minimum atomic E-state index is -0.508. The molecule has 0 bridgehead atoms. The van der Waals surface area contributed by atoms with E-state index in [4.69, 9.17) is 5.73 Å². The molecule has 3 rings (SSSR count). The molecule has 4 N–H and O–H groups in total. The van der Waals surface area contributed by atoms with Gasteiger partial charge in [-0.3, -0.25) is 4.79 Å². The second kappa shape index (κ2) is 8.02. The van der Waals surface area contributed by atoms with Crippen LogP contribution >= 0.6 is 0 Å². The molecule has 148 valence electrons. The van der Waals surface area contributed by atoms with Gasteiger partial charge in [0, 0.05) is 16.9 Å². The lowest BCUT2D eigenvalue weighted by atomic mass is 10.1. The maximum Gasteiger partial charge on any atom is 0.319 e. The quantitative estimate of drug-likeness (QED) is 0.762. The van der Waals surface area contributed by atoms with Crippen molar-refractivity contribution in [1.29, 1.82) is 0 Å². The maximum absolute atomic E-state index is 12.9. The van der Waals surface area contributed by atoms with Crippen molar-refractivity contribution in [3.63, 3.8) is 0 Å². The minimum absolute atomic E-state index is 0.0752. The number of hydrogen-bond acceptors (Lipinski definition) is 3.